The lowest BCUT2D eigenvalue weighted by Gasteiger charge is -2.31. The molecular formula is C20H17N5O6. The van der Waals surface area contributed by atoms with Crippen LogP contribution >= 0.6 is 0 Å². The van der Waals surface area contributed by atoms with Gasteiger partial charge in [0.2, 0.25) is 0 Å². The molecule has 1 aliphatic heterocycles. The number of aromatic nitrogens is 3. The van der Waals surface area contributed by atoms with Crippen LogP contribution in [0.15, 0.2) is 42.6 Å². The molecule has 158 valence electrons. The summed E-state index contributed by atoms with van der Waals surface area (Å²) in [5.74, 6) is 0.109. The van der Waals surface area contributed by atoms with Crippen LogP contribution in [-0.2, 0) is 11.3 Å². The van der Waals surface area contributed by atoms with Gasteiger partial charge in [0.15, 0.2) is 18.1 Å². The molecule has 11 heteroatoms. The zero-order chi connectivity index (χ0) is 22.1. The second kappa shape index (κ2) is 7.86. The summed E-state index contributed by atoms with van der Waals surface area (Å²) in [7, 11) is 1.46. The topological polar surface area (TPSA) is 130 Å². The Morgan fingerprint density at radius 1 is 1.32 bits per heavy atom. The molecular weight excluding hydrogens is 406 g/mol. The first-order chi connectivity index (χ1) is 14.9. The molecule has 0 spiro atoms. The summed E-state index contributed by atoms with van der Waals surface area (Å²) in [5.41, 5.74) is 1.50. The van der Waals surface area contributed by atoms with Crippen LogP contribution in [0.25, 0.3) is 5.69 Å². The van der Waals surface area contributed by atoms with Crippen molar-refractivity contribution in [3.8, 4) is 17.2 Å². The fourth-order valence-corrected chi connectivity index (χ4v) is 3.31. The highest BCUT2D eigenvalue weighted by Crippen LogP contribution is 2.43. The van der Waals surface area contributed by atoms with Crippen molar-refractivity contribution in [3.05, 3.63) is 64.0 Å². The minimum atomic E-state index is -0.496. The summed E-state index contributed by atoms with van der Waals surface area (Å²) < 4.78 is 12.3. The van der Waals surface area contributed by atoms with Gasteiger partial charge >= 0.3 is 0 Å². The number of nitro benzene ring substituents is 1. The number of fused-ring (bicyclic) bond motifs is 1. The Balaban J connectivity index is 1.69. The maximum absolute atomic E-state index is 12.6. The summed E-state index contributed by atoms with van der Waals surface area (Å²) in [6, 6.07) is 9.14. The van der Waals surface area contributed by atoms with Crippen molar-refractivity contribution in [1.82, 2.24) is 15.0 Å². The number of hydrogen-bond acceptors (Lipinski definition) is 8. The smallest absolute Gasteiger partial charge is 0.271 e. The Labute approximate surface area is 175 Å². The molecule has 1 aliphatic rings. The molecule has 3 aromatic rings. The molecule has 0 saturated heterocycles. The number of nitrogens with zero attached hydrogens (tertiary/aromatic N) is 5. The van der Waals surface area contributed by atoms with E-state index in [0.29, 0.717) is 28.4 Å². The third-order valence-electron chi connectivity index (χ3n) is 4.77. The summed E-state index contributed by atoms with van der Waals surface area (Å²) in [5, 5.41) is 19.1. The number of carbonyl (C=O) groups is 2. The van der Waals surface area contributed by atoms with Crippen LogP contribution in [0.1, 0.15) is 23.0 Å². The van der Waals surface area contributed by atoms with Gasteiger partial charge in [-0.1, -0.05) is 11.3 Å². The van der Waals surface area contributed by atoms with Gasteiger partial charge in [-0.25, -0.2) is 4.68 Å². The Morgan fingerprint density at radius 3 is 2.84 bits per heavy atom. The number of ether oxygens (including phenoxy) is 2. The zero-order valence-corrected chi connectivity index (χ0v) is 16.6. The quantitative estimate of drug-likeness (QED) is 0.335. The number of non-ortho nitro benzene ring substituents is 1. The second-order valence-electron chi connectivity index (χ2n) is 6.75. The molecule has 31 heavy (non-hydrogen) atoms. The van der Waals surface area contributed by atoms with E-state index in [0.717, 1.165) is 0 Å². The lowest BCUT2D eigenvalue weighted by atomic mass is 10.1. The van der Waals surface area contributed by atoms with Gasteiger partial charge in [-0.2, -0.15) is 0 Å². The molecule has 0 unspecified atom stereocenters. The highest BCUT2D eigenvalue weighted by atomic mass is 16.6. The minimum absolute atomic E-state index is 0.0435. The highest BCUT2D eigenvalue weighted by molar-refractivity contribution is 6.05. The molecule has 1 aromatic heterocycles. The maximum Gasteiger partial charge on any atom is 0.271 e. The van der Waals surface area contributed by atoms with Crippen LogP contribution in [0.3, 0.4) is 0 Å². The number of hydrogen-bond donors (Lipinski definition) is 0. The van der Waals surface area contributed by atoms with Crippen LogP contribution in [0.5, 0.6) is 11.5 Å². The van der Waals surface area contributed by atoms with Crippen molar-refractivity contribution in [2.45, 2.75) is 13.5 Å². The third-order valence-corrected chi connectivity index (χ3v) is 4.77. The molecule has 0 saturated carbocycles. The van der Waals surface area contributed by atoms with E-state index in [4.69, 9.17) is 9.47 Å². The van der Waals surface area contributed by atoms with Crippen molar-refractivity contribution >= 4 is 23.1 Å². The van der Waals surface area contributed by atoms with E-state index in [-0.39, 0.29) is 36.3 Å². The van der Waals surface area contributed by atoms with Gasteiger partial charge in [0.1, 0.15) is 17.1 Å². The molecule has 0 fully saturated rings. The molecule has 0 bridgehead atoms. The van der Waals surface area contributed by atoms with Gasteiger partial charge in [0, 0.05) is 12.1 Å². The van der Waals surface area contributed by atoms with E-state index in [1.165, 1.54) is 35.7 Å². The number of methoxy groups -OCH3 is 1. The predicted octanol–water partition coefficient (Wildman–Crippen LogP) is 2.31. The maximum atomic E-state index is 12.6. The van der Waals surface area contributed by atoms with E-state index in [9.17, 15) is 19.7 Å². The molecule has 11 nitrogen and oxygen atoms in total. The molecule has 4 rings (SSSR count). The molecule has 0 aliphatic carbocycles. The molecule has 2 aromatic carbocycles. The van der Waals surface area contributed by atoms with Gasteiger partial charge in [0.05, 0.1) is 36.0 Å². The fraction of sp³-hybridized carbons (Fsp3) is 0.200. The highest BCUT2D eigenvalue weighted by Gasteiger charge is 2.32. The van der Waals surface area contributed by atoms with Crippen molar-refractivity contribution in [2.24, 2.45) is 0 Å². The monoisotopic (exact) mass is 423 g/mol. The number of amides is 1. The molecule has 0 atom stereocenters. The zero-order valence-electron chi connectivity index (χ0n) is 16.6. The van der Waals surface area contributed by atoms with Crippen LogP contribution in [0.4, 0.5) is 11.4 Å². The van der Waals surface area contributed by atoms with E-state index in [2.05, 4.69) is 10.3 Å². The number of nitro groups is 1. The van der Waals surface area contributed by atoms with Crippen molar-refractivity contribution in [3.63, 3.8) is 0 Å². The average Bonchev–Trinajstić information content (AvgIpc) is 3.23. The Bertz CT molecular complexity index is 1200. The summed E-state index contributed by atoms with van der Waals surface area (Å²) in [6.07, 6.45) is 1.57. The SMILES string of the molecule is COc1ccc(C(C)=O)c2c1N(Cc1cn(-c3cccc([N+](=O)[O-])c3)nn1)C(=O)CO2. The lowest BCUT2D eigenvalue weighted by molar-refractivity contribution is -0.384. The molecule has 2 heterocycles. The minimum Gasteiger partial charge on any atom is -0.494 e. The molecule has 0 N–H and O–H groups in total. The lowest BCUT2D eigenvalue weighted by Crippen LogP contribution is -2.39. The number of rotatable bonds is 6. The van der Waals surface area contributed by atoms with Gasteiger partial charge in [0.25, 0.3) is 11.6 Å². The van der Waals surface area contributed by atoms with Crippen molar-refractivity contribution in [2.75, 3.05) is 18.6 Å². The van der Waals surface area contributed by atoms with Crippen LogP contribution < -0.4 is 14.4 Å². The Kier molecular flexibility index (Phi) is 5.07. The summed E-state index contributed by atoms with van der Waals surface area (Å²) in [4.78, 5) is 36.6. The Hall–Kier alpha value is -4.28. The van der Waals surface area contributed by atoms with E-state index < -0.39 is 4.92 Å². The Morgan fingerprint density at radius 2 is 2.13 bits per heavy atom. The first kappa shape index (κ1) is 20.0. The first-order valence-corrected chi connectivity index (χ1v) is 9.20. The fourth-order valence-electron chi connectivity index (χ4n) is 3.31. The summed E-state index contributed by atoms with van der Waals surface area (Å²) in [6.45, 7) is 1.22. The van der Waals surface area contributed by atoms with E-state index >= 15 is 0 Å². The number of anilines is 1. The van der Waals surface area contributed by atoms with Crippen molar-refractivity contribution < 1.29 is 24.0 Å². The number of carbonyl (C=O) groups excluding carboxylic acids is 2. The third kappa shape index (κ3) is 3.68. The number of Topliss-reactive ketones (excluding diaryl/α,β-unsaturated/α-hetero) is 1. The standard InChI is InChI=1S/C20H17N5O6/c1-12(26)16-6-7-17(30-2)19-20(16)31-11-18(27)23(19)9-13-10-24(22-21-13)14-4-3-5-15(8-14)25(28)29/h3-8,10H,9,11H2,1-2H3. The van der Waals surface area contributed by atoms with Crippen LogP contribution in [0.2, 0.25) is 0 Å². The largest absolute Gasteiger partial charge is 0.494 e. The predicted molar refractivity (Wildman–Crippen MR) is 108 cm³/mol. The van der Waals surface area contributed by atoms with Crippen LogP contribution in [0, 0.1) is 10.1 Å². The van der Waals surface area contributed by atoms with Gasteiger partial charge in [-0.15, -0.1) is 5.10 Å². The first-order valence-electron chi connectivity index (χ1n) is 9.20. The normalized spacial score (nSPS) is 12.8. The van der Waals surface area contributed by atoms with E-state index in [1.807, 2.05) is 0 Å². The van der Waals surface area contributed by atoms with Crippen molar-refractivity contribution in [1.29, 1.82) is 0 Å². The van der Waals surface area contributed by atoms with E-state index in [1.54, 1.807) is 30.5 Å². The average molecular weight is 423 g/mol. The van der Waals surface area contributed by atoms with Gasteiger partial charge in [-0.05, 0) is 25.1 Å². The molecule has 0 radical (unpaired) electrons. The van der Waals surface area contributed by atoms with Gasteiger partial charge < -0.3 is 9.47 Å². The second-order valence-corrected chi connectivity index (χ2v) is 6.75. The van der Waals surface area contributed by atoms with Crippen LogP contribution in [-0.4, -0.2) is 45.3 Å². The number of ketones is 1. The van der Waals surface area contributed by atoms with Gasteiger partial charge in [-0.3, -0.25) is 24.6 Å². The summed E-state index contributed by atoms with van der Waals surface area (Å²) >= 11 is 0. The number of benzene rings is 2. The molecule has 1 amide bonds.